The van der Waals surface area contributed by atoms with Crippen molar-refractivity contribution in [2.24, 2.45) is 0 Å². The van der Waals surface area contributed by atoms with Crippen LogP contribution in [0.15, 0.2) is 18.2 Å². The van der Waals surface area contributed by atoms with Crippen LogP contribution >= 0.6 is 0 Å². The van der Waals surface area contributed by atoms with Gasteiger partial charge in [-0.1, -0.05) is 0 Å². The SMILES string of the molecule is CS(=O)(=O)Oc1cc(C(F)(F)F)ccc1C(F)(F)F. The molecule has 1 rings (SSSR count). The van der Waals surface area contributed by atoms with Gasteiger partial charge in [0.1, 0.15) is 0 Å². The molecule has 108 valence electrons. The standard InChI is InChI=1S/C9H6F6O3S/c1-19(16,17)18-7-4-5(8(10,11)12)2-3-6(7)9(13,14)15/h2-4H,1H3. The van der Waals surface area contributed by atoms with E-state index < -0.39 is 39.3 Å². The summed E-state index contributed by atoms with van der Waals surface area (Å²) in [5.74, 6) is -1.41. The third-order valence-electron chi connectivity index (χ3n) is 1.86. The predicted molar refractivity (Wildman–Crippen MR) is 51.9 cm³/mol. The van der Waals surface area contributed by atoms with Crippen molar-refractivity contribution in [3.63, 3.8) is 0 Å². The largest absolute Gasteiger partial charge is 0.420 e. The van der Waals surface area contributed by atoms with Crippen LogP contribution in [0.2, 0.25) is 0 Å². The van der Waals surface area contributed by atoms with Gasteiger partial charge in [-0.25, -0.2) is 0 Å². The van der Waals surface area contributed by atoms with E-state index in [1.54, 1.807) is 0 Å². The van der Waals surface area contributed by atoms with Crippen LogP contribution in [0.5, 0.6) is 5.75 Å². The van der Waals surface area contributed by atoms with Gasteiger partial charge in [0, 0.05) is 0 Å². The number of alkyl halides is 6. The number of halogens is 6. The first kappa shape index (κ1) is 15.6. The Morgan fingerprint density at radius 1 is 1.00 bits per heavy atom. The van der Waals surface area contributed by atoms with Crippen LogP contribution < -0.4 is 4.18 Å². The molecule has 19 heavy (non-hydrogen) atoms. The highest BCUT2D eigenvalue weighted by Gasteiger charge is 2.38. The second kappa shape index (κ2) is 4.58. The highest BCUT2D eigenvalue weighted by Crippen LogP contribution is 2.40. The van der Waals surface area contributed by atoms with E-state index in [1.165, 1.54) is 0 Å². The summed E-state index contributed by atoms with van der Waals surface area (Å²) in [6.45, 7) is 0. The second-order valence-corrected chi connectivity index (χ2v) is 5.07. The van der Waals surface area contributed by atoms with Gasteiger partial charge in [0.25, 0.3) is 0 Å². The average Bonchev–Trinajstić information content (AvgIpc) is 2.11. The van der Waals surface area contributed by atoms with Crippen LogP contribution in [0.1, 0.15) is 11.1 Å². The highest BCUT2D eigenvalue weighted by atomic mass is 32.2. The molecule has 0 saturated carbocycles. The zero-order valence-corrected chi connectivity index (χ0v) is 9.95. The van der Waals surface area contributed by atoms with E-state index >= 15 is 0 Å². The van der Waals surface area contributed by atoms with Crippen LogP contribution in [0.25, 0.3) is 0 Å². The fourth-order valence-electron chi connectivity index (χ4n) is 1.16. The summed E-state index contributed by atoms with van der Waals surface area (Å²) < 4.78 is 100. The number of hydrogen-bond donors (Lipinski definition) is 0. The molecule has 10 heteroatoms. The van der Waals surface area contributed by atoms with Crippen molar-refractivity contribution in [1.29, 1.82) is 0 Å². The van der Waals surface area contributed by atoms with Gasteiger partial charge in [-0.2, -0.15) is 34.8 Å². The normalized spacial score (nSPS) is 13.4. The summed E-state index contributed by atoms with van der Waals surface area (Å²) in [5.41, 5.74) is -3.05. The lowest BCUT2D eigenvalue weighted by atomic mass is 10.1. The Kier molecular flexibility index (Phi) is 3.76. The van der Waals surface area contributed by atoms with Gasteiger partial charge in [0.2, 0.25) is 0 Å². The Bertz CT molecular complexity index is 573. The Morgan fingerprint density at radius 3 is 1.89 bits per heavy atom. The van der Waals surface area contributed by atoms with Gasteiger partial charge in [-0.05, 0) is 18.2 Å². The molecule has 0 atom stereocenters. The summed E-state index contributed by atoms with van der Waals surface area (Å²) in [6, 6.07) is 0.297. The van der Waals surface area contributed by atoms with Crippen LogP contribution in [-0.2, 0) is 22.5 Å². The van der Waals surface area contributed by atoms with Crippen molar-refractivity contribution >= 4 is 10.1 Å². The highest BCUT2D eigenvalue weighted by molar-refractivity contribution is 7.86. The van der Waals surface area contributed by atoms with Gasteiger partial charge in [-0.3, -0.25) is 0 Å². The van der Waals surface area contributed by atoms with Crippen molar-refractivity contribution in [3.05, 3.63) is 29.3 Å². The minimum Gasteiger partial charge on any atom is -0.382 e. The predicted octanol–water partition coefficient (Wildman–Crippen LogP) is 3.06. The molecule has 0 aliphatic carbocycles. The maximum absolute atomic E-state index is 12.5. The lowest BCUT2D eigenvalue weighted by Gasteiger charge is -2.15. The van der Waals surface area contributed by atoms with E-state index in [0.717, 1.165) is 0 Å². The first-order chi connectivity index (χ1) is 8.31. The first-order valence-corrected chi connectivity index (χ1v) is 6.30. The maximum Gasteiger partial charge on any atom is 0.420 e. The molecule has 0 unspecified atom stereocenters. The van der Waals surface area contributed by atoms with Crippen molar-refractivity contribution in [2.45, 2.75) is 12.4 Å². The smallest absolute Gasteiger partial charge is 0.382 e. The summed E-state index contributed by atoms with van der Waals surface area (Å²) in [5, 5.41) is 0. The molecule has 0 bridgehead atoms. The minimum absolute atomic E-state index is 0.0100. The van der Waals surface area contributed by atoms with E-state index in [-0.39, 0.29) is 18.2 Å². The van der Waals surface area contributed by atoms with Gasteiger partial charge in [-0.15, -0.1) is 0 Å². The third kappa shape index (κ3) is 4.30. The third-order valence-corrected chi connectivity index (χ3v) is 2.34. The Hall–Kier alpha value is -1.45. The van der Waals surface area contributed by atoms with Crippen LogP contribution in [0.3, 0.4) is 0 Å². The average molecular weight is 308 g/mol. The van der Waals surface area contributed by atoms with Crippen molar-refractivity contribution < 1.29 is 38.9 Å². The summed E-state index contributed by atoms with van der Waals surface area (Å²) in [4.78, 5) is 0. The van der Waals surface area contributed by atoms with E-state index in [0.29, 0.717) is 6.26 Å². The summed E-state index contributed by atoms with van der Waals surface area (Å²) in [7, 11) is -4.39. The van der Waals surface area contributed by atoms with Crippen molar-refractivity contribution in [2.75, 3.05) is 6.26 Å². The number of benzene rings is 1. The molecule has 0 saturated heterocycles. The molecule has 0 aromatic heterocycles. The van der Waals surface area contributed by atoms with Crippen LogP contribution in [0.4, 0.5) is 26.3 Å². The molecule has 0 N–H and O–H groups in total. The summed E-state index contributed by atoms with van der Waals surface area (Å²) in [6.07, 6.45) is -9.53. The Labute approximate surface area is 103 Å². The van der Waals surface area contributed by atoms with Gasteiger partial charge < -0.3 is 4.18 Å². The van der Waals surface area contributed by atoms with E-state index in [9.17, 15) is 34.8 Å². The first-order valence-electron chi connectivity index (χ1n) is 4.48. The molecule has 3 nitrogen and oxygen atoms in total. The monoisotopic (exact) mass is 308 g/mol. The molecule has 1 aromatic rings. The molecular weight excluding hydrogens is 302 g/mol. The summed E-state index contributed by atoms with van der Waals surface area (Å²) >= 11 is 0. The molecule has 0 radical (unpaired) electrons. The second-order valence-electron chi connectivity index (χ2n) is 3.49. The zero-order valence-electron chi connectivity index (χ0n) is 9.13. The van der Waals surface area contributed by atoms with Crippen molar-refractivity contribution in [1.82, 2.24) is 0 Å². The molecular formula is C9H6F6O3S. The van der Waals surface area contributed by atoms with Gasteiger partial charge in [0.05, 0.1) is 17.4 Å². The fourth-order valence-corrected chi connectivity index (χ4v) is 1.63. The van der Waals surface area contributed by atoms with Crippen LogP contribution in [0, 0.1) is 0 Å². The molecule has 0 spiro atoms. The topological polar surface area (TPSA) is 43.4 Å². The minimum atomic E-state index is -5.04. The van der Waals surface area contributed by atoms with E-state index in [4.69, 9.17) is 0 Å². The van der Waals surface area contributed by atoms with E-state index in [2.05, 4.69) is 4.18 Å². The molecule has 0 aliphatic rings. The van der Waals surface area contributed by atoms with Crippen molar-refractivity contribution in [3.8, 4) is 5.75 Å². The van der Waals surface area contributed by atoms with Gasteiger partial charge >= 0.3 is 22.5 Å². The molecule has 0 aliphatic heterocycles. The molecule has 0 fully saturated rings. The van der Waals surface area contributed by atoms with Gasteiger partial charge in [0.15, 0.2) is 5.75 Å². The van der Waals surface area contributed by atoms with Crippen LogP contribution in [-0.4, -0.2) is 14.7 Å². The van der Waals surface area contributed by atoms with E-state index in [1.807, 2.05) is 0 Å². The molecule has 1 aromatic carbocycles. The zero-order chi connectivity index (χ0) is 15.1. The lowest BCUT2D eigenvalue weighted by Crippen LogP contribution is -2.14. The Balaban J connectivity index is 3.44. The fraction of sp³-hybridized carbons (Fsp3) is 0.333. The maximum atomic E-state index is 12.5. The number of hydrogen-bond acceptors (Lipinski definition) is 3. The number of rotatable bonds is 2. The molecule has 0 heterocycles. The quantitative estimate of drug-likeness (QED) is 0.623. The molecule has 0 amide bonds. The Morgan fingerprint density at radius 2 is 1.53 bits per heavy atom. The lowest BCUT2D eigenvalue weighted by molar-refractivity contribution is -0.142.